The molecule has 3 heteroatoms. The number of hydrogen-bond donors (Lipinski definition) is 1. The Morgan fingerprint density at radius 3 is 2.22 bits per heavy atom. The monoisotopic (exact) mass is 129 g/mol. The number of nitrogens with zero attached hydrogens (tertiary/aromatic N) is 1. The van der Waals surface area contributed by atoms with Crippen LogP contribution in [0.4, 0.5) is 0 Å². The van der Waals surface area contributed by atoms with Crippen molar-refractivity contribution in [1.29, 1.82) is 0 Å². The van der Waals surface area contributed by atoms with Crippen LogP contribution >= 0.6 is 0 Å². The minimum atomic E-state index is -0.350. The Morgan fingerprint density at radius 1 is 1.67 bits per heavy atom. The third-order valence-electron chi connectivity index (χ3n) is 2.18. The van der Waals surface area contributed by atoms with Gasteiger partial charge in [-0.3, -0.25) is 10.0 Å². The van der Waals surface area contributed by atoms with Gasteiger partial charge in [0.1, 0.15) is 0 Å². The molecule has 1 aliphatic rings. The van der Waals surface area contributed by atoms with E-state index in [0.717, 1.165) is 5.06 Å². The lowest BCUT2D eigenvalue weighted by atomic mass is 9.80. The van der Waals surface area contributed by atoms with Crippen molar-refractivity contribution in [3.05, 3.63) is 0 Å². The molecule has 1 fully saturated rings. The Labute approximate surface area is 54.2 Å². The number of carbonyl (C=O) groups is 1. The highest BCUT2D eigenvalue weighted by molar-refractivity contribution is 5.85. The zero-order valence-electron chi connectivity index (χ0n) is 5.88. The number of amides is 1. The van der Waals surface area contributed by atoms with E-state index >= 15 is 0 Å². The highest BCUT2D eigenvalue weighted by Crippen LogP contribution is 2.34. The van der Waals surface area contributed by atoms with Crippen LogP contribution in [-0.4, -0.2) is 21.7 Å². The van der Waals surface area contributed by atoms with Gasteiger partial charge in [0.15, 0.2) is 0 Å². The van der Waals surface area contributed by atoms with E-state index in [4.69, 9.17) is 5.21 Å². The molecule has 0 bridgehead atoms. The molecule has 0 aromatic rings. The number of hydroxylamine groups is 2. The van der Waals surface area contributed by atoms with Crippen molar-refractivity contribution in [2.75, 3.05) is 0 Å². The summed E-state index contributed by atoms with van der Waals surface area (Å²) in [4.78, 5) is 10.7. The van der Waals surface area contributed by atoms with Crippen molar-refractivity contribution in [3.63, 3.8) is 0 Å². The first-order valence-electron chi connectivity index (χ1n) is 3.01. The molecule has 0 spiro atoms. The van der Waals surface area contributed by atoms with Crippen LogP contribution in [0.25, 0.3) is 0 Å². The largest absolute Gasteiger partial charge is 0.285 e. The molecule has 1 amide bonds. The Kier molecular flexibility index (Phi) is 1.07. The molecule has 0 unspecified atom stereocenters. The summed E-state index contributed by atoms with van der Waals surface area (Å²) in [6.45, 7) is 5.48. The maximum Gasteiger partial charge on any atom is 0.251 e. The van der Waals surface area contributed by atoms with E-state index < -0.39 is 0 Å². The highest BCUT2D eigenvalue weighted by Gasteiger charge is 2.50. The molecule has 1 heterocycles. The fourth-order valence-corrected chi connectivity index (χ4v) is 0.887. The van der Waals surface area contributed by atoms with E-state index in [2.05, 4.69) is 0 Å². The third-order valence-corrected chi connectivity index (χ3v) is 2.18. The van der Waals surface area contributed by atoms with Crippen LogP contribution in [0.2, 0.25) is 0 Å². The first-order chi connectivity index (χ1) is 3.98. The molecule has 0 aromatic heterocycles. The smallest absolute Gasteiger partial charge is 0.251 e. The summed E-state index contributed by atoms with van der Waals surface area (Å²) in [5, 5.41) is 9.69. The van der Waals surface area contributed by atoms with Gasteiger partial charge >= 0.3 is 0 Å². The Bertz CT molecular complexity index is 139. The van der Waals surface area contributed by atoms with E-state index in [1.807, 2.05) is 20.8 Å². The maximum absolute atomic E-state index is 10.7. The van der Waals surface area contributed by atoms with Crippen molar-refractivity contribution in [3.8, 4) is 0 Å². The van der Waals surface area contributed by atoms with Crippen LogP contribution in [0.5, 0.6) is 0 Å². The average molecular weight is 129 g/mol. The SMILES string of the molecule is C[C@@H]1C(=O)N(O)C1(C)C. The molecule has 0 aromatic carbocycles. The maximum atomic E-state index is 10.7. The number of carbonyl (C=O) groups excluding carboxylic acids is 1. The summed E-state index contributed by atoms with van der Waals surface area (Å²) in [7, 11) is 0. The second-order valence-corrected chi connectivity index (χ2v) is 3.03. The lowest BCUT2D eigenvalue weighted by Gasteiger charge is -2.48. The molecule has 0 saturated carbocycles. The van der Waals surface area contributed by atoms with Gasteiger partial charge in [-0.15, -0.1) is 0 Å². The summed E-state index contributed by atoms with van der Waals surface area (Å²) >= 11 is 0. The van der Waals surface area contributed by atoms with Crippen molar-refractivity contribution in [2.24, 2.45) is 5.92 Å². The van der Waals surface area contributed by atoms with Crippen molar-refractivity contribution < 1.29 is 10.0 Å². The first kappa shape index (κ1) is 6.55. The minimum Gasteiger partial charge on any atom is -0.285 e. The second kappa shape index (κ2) is 1.48. The fourth-order valence-electron chi connectivity index (χ4n) is 0.887. The van der Waals surface area contributed by atoms with Crippen LogP contribution in [0, 0.1) is 5.92 Å². The molecule has 9 heavy (non-hydrogen) atoms. The Balaban J connectivity index is 2.73. The molecule has 1 saturated heterocycles. The lowest BCUT2D eigenvalue weighted by Crippen LogP contribution is -2.65. The van der Waals surface area contributed by atoms with Crippen molar-refractivity contribution in [2.45, 2.75) is 26.3 Å². The second-order valence-electron chi connectivity index (χ2n) is 3.03. The van der Waals surface area contributed by atoms with Crippen molar-refractivity contribution >= 4 is 5.91 Å². The quantitative estimate of drug-likeness (QED) is 0.385. The molecular formula is C6H11NO2. The van der Waals surface area contributed by atoms with Crippen LogP contribution in [-0.2, 0) is 4.79 Å². The van der Waals surface area contributed by atoms with Crippen LogP contribution < -0.4 is 0 Å². The summed E-state index contributed by atoms with van der Waals surface area (Å²) in [5.74, 6) is -0.220. The van der Waals surface area contributed by atoms with Gasteiger partial charge in [0.25, 0.3) is 5.91 Å². The zero-order chi connectivity index (χ0) is 7.23. The molecule has 1 rings (SSSR count). The average Bonchev–Trinajstić information content (AvgIpc) is 1.84. The van der Waals surface area contributed by atoms with Crippen LogP contribution in [0.1, 0.15) is 20.8 Å². The van der Waals surface area contributed by atoms with E-state index in [1.165, 1.54) is 0 Å². The predicted molar refractivity (Wildman–Crippen MR) is 31.9 cm³/mol. The third kappa shape index (κ3) is 0.580. The Morgan fingerprint density at radius 2 is 2.11 bits per heavy atom. The topological polar surface area (TPSA) is 40.5 Å². The van der Waals surface area contributed by atoms with Crippen LogP contribution in [0.15, 0.2) is 0 Å². The minimum absolute atomic E-state index is 0.0394. The summed E-state index contributed by atoms with van der Waals surface area (Å²) in [6.07, 6.45) is 0. The molecule has 52 valence electrons. The zero-order valence-corrected chi connectivity index (χ0v) is 5.88. The van der Waals surface area contributed by atoms with Gasteiger partial charge < -0.3 is 0 Å². The molecule has 3 nitrogen and oxygen atoms in total. The molecule has 0 aliphatic carbocycles. The summed E-state index contributed by atoms with van der Waals surface area (Å²) < 4.78 is 0. The molecule has 0 radical (unpaired) electrons. The molecular weight excluding hydrogens is 118 g/mol. The van der Waals surface area contributed by atoms with Gasteiger partial charge in [0.05, 0.1) is 11.5 Å². The van der Waals surface area contributed by atoms with E-state index in [-0.39, 0.29) is 17.4 Å². The number of hydrogen-bond acceptors (Lipinski definition) is 2. The van der Waals surface area contributed by atoms with Gasteiger partial charge in [-0.2, -0.15) is 0 Å². The fraction of sp³-hybridized carbons (Fsp3) is 0.833. The normalized spacial score (nSPS) is 32.2. The van der Waals surface area contributed by atoms with E-state index in [0.29, 0.717) is 0 Å². The highest BCUT2D eigenvalue weighted by atomic mass is 16.5. The number of rotatable bonds is 0. The van der Waals surface area contributed by atoms with Crippen LogP contribution in [0.3, 0.4) is 0 Å². The molecule has 1 aliphatic heterocycles. The van der Waals surface area contributed by atoms with Gasteiger partial charge in [-0.25, -0.2) is 5.06 Å². The predicted octanol–water partition coefficient (Wildman–Crippen LogP) is 0.633. The van der Waals surface area contributed by atoms with Gasteiger partial charge in [0.2, 0.25) is 0 Å². The van der Waals surface area contributed by atoms with Gasteiger partial charge in [0, 0.05) is 0 Å². The summed E-state index contributed by atoms with van der Waals surface area (Å²) in [6, 6.07) is 0. The van der Waals surface area contributed by atoms with Crippen molar-refractivity contribution in [1.82, 2.24) is 5.06 Å². The lowest BCUT2D eigenvalue weighted by molar-refractivity contribution is -0.239. The van der Waals surface area contributed by atoms with Gasteiger partial charge in [-0.05, 0) is 13.8 Å². The molecule has 1 N–H and O–H groups in total. The number of β-lactam (4-membered cyclic amide) rings is 1. The summed E-state index contributed by atoms with van der Waals surface area (Å²) in [5.41, 5.74) is -0.350. The van der Waals surface area contributed by atoms with E-state index in [1.54, 1.807) is 0 Å². The van der Waals surface area contributed by atoms with Gasteiger partial charge in [-0.1, -0.05) is 6.92 Å². The first-order valence-corrected chi connectivity index (χ1v) is 3.01. The molecule has 1 atom stereocenters. The van der Waals surface area contributed by atoms with E-state index in [9.17, 15) is 4.79 Å². The Hall–Kier alpha value is -0.570. The standard InChI is InChI=1S/C6H11NO2/c1-4-5(8)7(9)6(4,2)3/h4,9H,1-3H3/t4-/m1/s1.